The van der Waals surface area contributed by atoms with Crippen molar-refractivity contribution in [2.24, 2.45) is 17.3 Å². The molecule has 1 aromatic carbocycles. The zero-order valence-electron chi connectivity index (χ0n) is 27.1. The molecule has 1 unspecified atom stereocenters. The summed E-state index contributed by atoms with van der Waals surface area (Å²) in [6.45, 7) is 11.0. The fourth-order valence-corrected chi connectivity index (χ4v) is 6.30. The molecule has 1 aromatic rings. The highest BCUT2D eigenvalue weighted by atomic mass is 16.6. The molecule has 0 spiro atoms. The number of carbonyl (C=O) groups is 6. The SMILES string of the molecule is CCCC(NC(=O)[C@@H]1[C@H]2CCC[C@H]2CN1C(=O)[C@@H](NC(=O)OC(C)C)C(C)(C)C)C(=O)C(=O)N[C@@H](Cc1ccccc1)C(=O)O. The number of ketones is 1. The Bertz CT molecular complexity index is 1240. The number of Topliss-reactive ketones (excluding diaryl/α,β-unsaturated/α-hetero) is 1. The Morgan fingerprint density at radius 1 is 0.978 bits per heavy atom. The van der Waals surface area contributed by atoms with Gasteiger partial charge in [0.05, 0.1) is 12.1 Å². The molecule has 12 heteroatoms. The Balaban J connectivity index is 1.79. The predicted octanol–water partition coefficient (Wildman–Crippen LogP) is 2.83. The number of rotatable bonds is 13. The van der Waals surface area contributed by atoms with Gasteiger partial charge in [0.2, 0.25) is 17.6 Å². The smallest absolute Gasteiger partial charge is 0.408 e. The topological polar surface area (TPSA) is 171 Å². The number of likely N-dealkylation sites (tertiary alicyclic amines) is 1. The first-order valence-corrected chi connectivity index (χ1v) is 15.8. The molecule has 6 atom stereocenters. The van der Waals surface area contributed by atoms with E-state index in [1.165, 1.54) is 4.90 Å². The number of carbonyl (C=O) groups excluding carboxylic acids is 5. The van der Waals surface area contributed by atoms with Gasteiger partial charge in [0.15, 0.2) is 0 Å². The molecule has 0 aromatic heterocycles. The van der Waals surface area contributed by atoms with Gasteiger partial charge in [-0.05, 0) is 55.9 Å². The largest absolute Gasteiger partial charge is 0.480 e. The summed E-state index contributed by atoms with van der Waals surface area (Å²) in [6, 6.07) is 4.31. The minimum absolute atomic E-state index is 0.0180. The molecule has 3 rings (SSSR count). The molecule has 4 amide bonds. The molecular formula is C33H48N4O8. The molecule has 4 N–H and O–H groups in total. The van der Waals surface area contributed by atoms with Gasteiger partial charge in [-0.2, -0.15) is 0 Å². The molecule has 1 saturated heterocycles. The summed E-state index contributed by atoms with van der Waals surface area (Å²) in [4.78, 5) is 80.2. The third-order valence-electron chi connectivity index (χ3n) is 8.48. The normalized spacial score (nSPS) is 21.3. The van der Waals surface area contributed by atoms with Crippen LogP contribution in [0.15, 0.2) is 30.3 Å². The van der Waals surface area contributed by atoms with E-state index in [0.717, 1.165) is 19.3 Å². The second kappa shape index (κ2) is 15.4. The minimum atomic E-state index is -1.34. The minimum Gasteiger partial charge on any atom is -0.480 e. The van der Waals surface area contributed by atoms with E-state index >= 15 is 0 Å². The third kappa shape index (κ3) is 9.27. The van der Waals surface area contributed by atoms with Crippen LogP contribution in [0.4, 0.5) is 4.79 Å². The van der Waals surface area contributed by atoms with Crippen LogP contribution >= 0.6 is 0 Å². The van der Waals surface area contributed by atoms with Crippen molar-refractivity contribution >= 4 is 35.6 Å². The van der Waals surface area contributed by atoms with Gasteiger partial charge in [-0.25, -0.2) is 9.59 Å². The van der Waals surface area contributed by atoms with E-state index in [0.29, 0.717) is 18.5 Å². The molecule has 1 aliphatic heterocycles. The molecule has 0 bridgehead atoms. The van der Waals surface area contributed by atoms with Gasteiger partial charge >= 0.3 is 12.1 Å². The van der Waals surface area contributed by atoms with Crippen LogP contribution in [-0.2, 0) is 35.1 Å². The standard InChI is InChI=1S/C33H48N4O8/c1-7-12-23(26(38)29(40)35-24(31(42)43)17-20-13-9-8-10-14-20)34-28(39)25-22-16-11-15-21(22)18-37(25)30(41)27(33(4,5)6)36-32(44)45-19(2)3/h8-10,13-14,19,21-25,27H,7,11-12,15-18H2,1-6H3,(H,34,39)(H,35,40)(H,36,44)(H,42,43)/t21-,22-,23?,24-,25-,27+/m0/s1. The summed E-state index contributed by atoms with van der Waals surface area (Å²) in [5.74, 6) is -4.35. The van der Waals surface area contributed by atoms with Crippen LogP contribution in [0.5, 0.6) is 0 Å². The van der Waals surface area contributed by atoms with E-state index in [-0.39, 0.29) is 30.8 Å². The maximum atomic E-state index is 14.0. The number of ether oxygens (including phenoxy) is 1. The number of nitrogens with zero attached hydrogens (tertiary/aromatic N) is 1. The third-order valence-corrected chi connectivity index (χ3v) is 8.48. The molecule has 248 valence electrons. The Morgan fingerprint density at radius 2 is 1.64 bits per heavy atom. The maximum absolute atomic E-state index is 14.0. The molecule has 2 fully saturated rings. The zero-order chi connectivity index (χ0) is 33.5. The number of benzene rings is 1. The van der Waals surface area contributed by atoms with Crippen LogP contribution in [0, 0.1) is 17.3 Å². The van der Waals surface area contributed by atoms with Crippen molar-refractivity contribution in [3.05, 3.63) is 35.9 Å². The van der Waals surface area contributed by atoms with E-state index < -0.39 is 65.1 Å². The average molecular weight is 629 g/mol. The highest BCUT2D eigenvalue weighted by Gasteiger charge is 2.52. The highest BCUT2D eigenvalue weighted by Crippen LogP contribution is 2.43. The van der Waals surface area contributed by atoms with Crippen molar-refractivity contribution < 1.29 is 38.6 Å². The van der Waals surface area contributed by atoms with Crippen LogP contribution in [0.1, 0.15) is 79.2 Å². The zero-order valence-corrected chi connectivity index (χ0v) is 27.1. The van der Waals surface area contributed by atoms with Crippen LogP contribution in [0.2, 0.25) is 0 Å². The maximum Gasteiger partial charge on any atom is 0.408 e. The van der Waals surface area contributed by atoms with E-state index in [1.54, 1.807) is 51.1 Å². The molecule has 1 saturated carbocycles. The fourth-order valence-electron chi connectivity index (χ4n) is 6.30. The van der Waals surface area contributed by atoms with E-state index in [2.05, 4.69) is 16.0 Å². The second-order valence-corrected chi connectivity index (χ2v) is 13.5. The highest BCUT2D eigenvalue weighted by molar-refractivity contribution is 6.38. The lowest BCUT2D eigenvalue weighted by molar-refractivity contribution is -0.146. The van der Waals surface area contributed by atoms with Crippen LogP contribution in [0.3, 0.4) is 0 Å². The Morgan fingerprint density at radius 3 is 2.22 bits per heavy atom. The number of carboxylic acids is 1. The van der Waals surface area contributed by atoms with Crippen LogP contribution < -0.4 is 16.0 Å². The van der Waals surface area contributed by atoms with E-state index in [4.69, 9.17) is 4.74 Å². The van der Waals surface area contributed by atoms with Gasteiger partial charge in [-0.1, -0.05) is 70.9 Å². The lowest BCUT2D eigenvalue weighted by Gasteiger charge is -2.36. The van der Waals surface area contributed by atoms with Crippen molar-refractivity contribution in [1.29, 1.82) is 0 Å². The number of nitrogens with one attached hydrogen (secondary N) is 3. The number of alkyl carbamates (subject to hydrolysis) is 1. The Labute approximate surface area is 265 Å². The molecule has 12 nitrogen and oxygen atoms in total. The lowest BCUT2D eigenvalue weighted by Crippen LogP contribution is -2.60. The van der Waals surface area contributed by atoms with E-state index in [1.807, 2.05) is 20.8 Å². The van der Waals surface area contributed by atoms with E-state index in [9.17, 15) is 33.9 Å². The molecule has 1 aliphatic carbocycles. The quantitative estimate of drug-likeness (QED) is 0.242. The molecule has 45 heavy (non-hydrogen) atoms. The molecule has 2 aliphatic rings. The summed E-state index contributed by atoms with van der Waals surface area (Å²) in [5.41, 5.74) is -0.0286. The lowest BCUT2D eigenvalue weighted by atomic mass is 9.85. The van der Waals surface area contributed by atoms with Gasteiger partial charge in [-0.3, -0.25) is 19.2 Å². The number of carboxylic acid groups (broad SMARTS) is 1. The number of hydrogen-bond acceptors (Lipinski definition) is 7. The van der Waals surface area contributed by atoms with Crippen molar-refractivity contribution in [1.82, 2.24) is 20.9 Å². The van der Waals surface area contributed by atoms with Crippen molar-refractivity contribution in [3.63, 3.8) is 0 Å². The fraction of sp³-hybridized carbons (Fsp3) is 0.636. The Hall–Kier alpha value is -3.96. The van der Waals surface area contributed by atoms with Gasteiger partial charge in [-0.15, -0.1) is 0 Å². The summed E-state index contributed by atoms with van der Waals surface area (Å²) >= 11 is 0. The van der Waals surface area contributed by atoms with Crippen molar-refractivity contribution in [2.75, 3.05) is 6.54 Å². The summed E-state index contributed by atoms with van der Waals surface area (Å²) < 4.78 is 5.23. The first-order chi connectivity index (χ1) is 21.1. The number of hydrogen-bond donors (Lipinski definition) is 4. The molecular weight excluding hydrogens is 580 g/mol. The van der Waals surface area contributed by atoms with Crippen molar-refractivity contribution in [3.8, 4) is 0 Å². The molecule has 0 radical (unpaired) electrons. The molecule has 1 heterocycles. The van der Waals surface area contributed by atoms with Gasteiger partial charge in [0.1, 0.15) is 18.1 Å². The predicted molar refractivity (Wildman–Crippen MR) is 166 cm³/mol. The monoisotopic (exact) mass is 628 g/mol. The number of aliphatic carboxylic acids is 1. The summed E-state index contributed by atoms with van der Waals surface area (Å²) in [7, 11) is 0. The average Bonchev–Trinajstić information content (AvgIpc) is 3.55. The number of amides is 4. The first kappa shape index (κ1) is 35.5. The van der Waals surface area contributed by atoms with Gasteiger partial charge < -0.3 is 30.7 Å². The first-order valence-electron chi connectivity index (χ1n) is 15.8. The van der Waals surface area contributed by atoms with Crippen molar-refractivity contribution in [2.45, 2.75) is 110 Å². The van der Waals surface area contributed by atoms with Crippen LogP contribution in [-0.4, -0.2) is 82.4 Å². The van der Waals surface area contributed by atoms with Crippen LogP contribution in [0.25, 0.3) is 0 Å². The second-order valence-electron chi connectivity index (χ2n) is 13.5. The summed E-state index contributed by atoms with van der Waals surface area (Å²) in [6.07, 6.45) is 1.95. The van der Waals surface area contributed by atoms with Gasteiger partial charge in [0, 0.05) is 13.0 Å². The Kier molecular flexibility index (Phi) is 12.1. The number of fused-ring (bicyclic) bond motifs is 1. The summed E-state index contributed by atoms with van der Waals surface area (Å²) in [5, 5.41) is 17.4. The van der Waals surface area contributed by atoms with Gasteiger partial charge in [0.25, 0.3) is 5.91 Å².